The molecule has 1 heterocycles. The van der Waals surface area contributed by atoms with Gasteiger partial charge in [-0.15, -0.1) is 0 Å². The highest BCUT2D eigenvalue weighted by Crippen LogP contribution is 2.19. The molecule has 0 spiro atoms. The maximum atomic E-state index is 11.6. The molecule has 0 aliphatic carbocycles. The van der Waals surface area contributed by atoms with E-state index in [4.69, 9.17) is 0 Å². The predicted molar refractivity (Wildman–Crippen MR) is 60.4 cm³/mol. The molecule has 0 fully saturated rings. The summed E-state index contributed by atoms with van der Waals surface area (Å²) in [6.07, 6.45) is 2.29. The summed E-state index contributed by atoms with van der Waals surface area (Å²) in [6, 6.07) is 3.32. The summed E-state index contributed by atoms with van der Waals surface area (Å²) >= 11 is 0. The molecule has 0 N–H and O–H groups in total. The SMILES string of the molecule is CCc1cc(C(C(=O)OC)C(=O)OC)ccn1. The minimum Gasteiger partial charge on any atom is -0.468 e. The standard InChI is InChI=1S/C12H15NO4/c1-4-9-7-8(5-6-13-9)10(11(14)16-2)12(15)17-3/h5-7,10H,4H2,1-3H3. The summed E-state index contributed by atoms with van der Waals surface area (Å²) < 4.78 is 9.21. The molecule has 1 aromatic heterocycles. The third-order valence-electron chi connectivity index (χ3n) is 2.41. The van der Waals surface area contributed by atoms with Gasteiger partial charge < -0.3 is 9.47 Å². The van der Waals surface area contributed by atoms with E-state index < -0.39 is 17.9 Å². The highest BCUT2D eigenvalue weighted by atomic mass is 16.5. The number of carbonyl (C=O) groups is 2. The summed E-state index contributed by atoms with van der Waals surface area (Å²) in [5, 5.41) is 0. The van der Waals surface area contributed by atoms with Gasteiger partial charge in [-0.05, 0) is 24.1 Å². The van der Waals surface area contributed by atoms with Gasteiger partial charge in [0.15, 0.2) is 5.92 Å². The van der Waals surface area contributed by atoms with Crippen LogP contribution in [-0.4, -0.2) is 31.1 Å². The molecule has 5 nitrogen and oxygen atoms in total. The molecule has 0 saturated heterocycles. The Morgan fingerprint density at radius 2 is 1.88 bits per heavy atom. The first-order valence-corrected chi connectivity index (χ1v) is 5.24. The Morgan fingerprint density at radius 1 is 1.29 bits per heavy atom. The second kappa shape index (κ2) is 5.98. The molecule has 17 heavy (non-hydrogen) atoms. The van der Waals surface area contributed by atoms with Gasteiger partial charge in [-0.3, -0.25) is 14.6 Å². The normalized spacial score (nSPS) is 10.1. The van der Waals surface area contributed by atoms with Crippen LogP contribution in [0.1, 0.15) is 24.1 Å². The van der Waals surface area contributed by atoms with Crippen LogP contribution in [-0.2, 0) is 25.5 Å². The average molecular weight is 237 g/mol. The van der Waals surface area contributed by atoms with Crippen molar-refractivity contribution in [3.63, 3.8) is 0 Å². The zero-order valence-electron chi connectivity index (χ0n) is 10.1. The largest absolute Gasteiger partial charge is 0.468 e. The molecule has 1 aromatic rings. The lowest BCUT2D eigenvalue weighted by Crippen LogP contribution is -2.24. The lowest BCUT2D eigenvalue weighted by Gasteiger charge is -2.13. The van der Waals surface area contributed by atoms with E-state index in [9.17, 15) is 9.59 Å². The molecule has 0 aromatic carbocycles. The first-order valence-electron chi connectivity index (χ1n) is 5.24. The van der Waals surface area contributed by atoms with Crippen molar-refractivity contribution in [3.8, 4) is 0 Å². The highest BCUT2D eigenvalue weighted by molar-refractivity contribution is 6.00. The first kappa shape index (κ1) is 13.2. The van der Waals surface area contributed by atoms with Crippen LogP contribution < -0.4 is 0 Å². The summed E-state index contributed by atoms with van der Waals surface area (Å²) in [5.74, 6) is -2.31. The van der Waals surface area contributed by atoms with E-state index in [2.05, 4.69) is 14.5 Å². The molecule has 0 unspecified atom stereocenters. The van der Waals surface area contributed by atoms with Crippen molar-refractivity contribution < 1.29 is 19.1 Å². The van der Waals surface area contributed by atoms with Crippen LogP contribution in [0.3, 0.4) is 0 Å². The van der Waals surface area contributed by atoms with Crippen molar-refractivity contribution in [1.29, 1.82) is 0 Å². The zero-order chi connectivity index (χ0) is 12.8. The maximum absolute atomic E-state index is 11.6. The fourth-order valence-corrected chi connectivity index (χ4v) is 1.47. The number of aromatic nitrogens is 1. The van der Waals surface area contributed by atoms with Crippen LogP contribution >= 0.6 is 0 Å². The van der Waals surface area contributed by atoms with E-state index in [1.54, 1.807) is 18.3 Å². The Balaban J connectivity index is 3.12. The van der Waals surface area contributed by atoms with Crippen LogP contribution in [0.2, 0.25) is 0 Å². The first-order chi connectivity index (χ1) is 8.13. The number of esters is 2. The Labute approximate surface area is 99.8 Å². The quantitative estimate of drug-likeness (QED) is 0.579. The minimum absolute atomic E-state index is 0.538. The molecule has 0 bridgehead atoms. The Bertz CT molecular complexity index is 401. The van der Waals surface area contributed by atoms with Crippen LogP contribution in [0.15, 0.2) is 18.3 Å². The van der Waals surface area contributed by atoms with Crippen molar-refractivity contribution in [2.75, 3.05) is 14.2 Å². The molecule has 0 saturated carbocycles. The Morgan fingerprint density at radius 3 is 2.35 bits per heavy atom. The second-order valence-corrected chi connectivity index (χ2v) is 3.41. The van der Waals surface area contributed by atoms with Crippen LogP contribution in [0, 0.1) is 0 Å². The van der Waals surface area contributed by atoms with Crippen LogP contribution in [0.25, 0.3) is 0 Å². The lowest BCUT2D eigenvalue weighted by atomic mass is 9.99. The number of nitrogens with zero attached hydrogens (tertiary/aromatic N) is 1. The van der Waals surface area contributed by atoms with Gasteiger partial charge in [0.1, 0.15) is 0 Å². The van der Waals surface area contributed by atoms with Crippen molar-refractivity contribution >= 4 is 11.9 Å². The number of hydrogen-bond donors (Lipinski definition) is 0. The number of hydrogen-bond acceptors (Lipinski definition) is 5. The summed E-state index contributed by atoms with van der Waals surface area (Å²) in [6.45, 7) is 1.94. The molecule has 0 atom stereocenters. The number of carbonyl (C=O) groups excluding carboxylic acids is 2. The van der Waals surface area contributed by atoms with Gasteiger partial charge >= 0.3 is 11.9 Å². The van der Waals surface area contributed by atoms with E-state index in [1.165, 1.54) is 14.2 Å². The van der Waals surface area contributed by atoms with Gasteiger partial charge in [-0.25, -0.2) is 0 Å². The Kier molecular flexibility index (Phi) is 4.63. The van der Waals surface area contributed by atoms with Crippen LogP contribution in [0.4, 0.5) is 0 Å². The number of ether oxygens (including phenoxy) is 2. The summed E-state index contributed by atoms with van der Waals surface area (Å²) in [5.41, 5.74) is 1.34. The van der Waals surface area contributed by atoms with Gasteiger partial charge in [0, 0.05) is 11.9 Å². The van der Waals surface area contributed by atoms with E-state index in [0.717, 1.165) is 12.1 Å². The fraction of sp³-hybridized carbons (Fsp3) is 0.417. The number of aryl methyl sites for hydroxylation is 1. The molecule has 1 rings (SSSR count). The molecular weight excluding hydrogens is 222 g/mol. The van der Waals surface area contributed by atoms with Crippen molar-refractivity contribution in [1.82, 2.24) is 4.98 Å². The van der Waals surface area contributed by atoms with Crippen molar-refractivity contribution in [3.05, 3.63) is 29.6 Å². The van der Waals surface area contributed by atoms with Gasteiger partial charge in [-0.2, -0.15) is 0 Å². The predicted octanol–water partition coefficient (Wildman–Crippen LogP) is 1.07. The molecule has 92 valence electrons. The molecule has 0 aliphatic heterocycles. The molecule has 0 amide bonds. The lowest BCUT2D eigenvalue weighted by molar-refractivity contribution is -0.154. The van der Waals surface area contributed by atoms with Gasteiger partial charge in [-0.1, -0.05) is 6.92 Å². The van der Waals surface area contributed by atoms with Crippen molar-refractivity contribution in [2.45, 2.75) is 19.3 Å². The topological polar surface area (TPSA) is 65.5 Å². The molecule has 0 radical (unpaired) electrons. The Hall–Kier alpha value is -1.91. The average Bonchev–Trinajstić information content (AvgIpc) is 2.38. The van der Waals surface area contributed by atoms with Crippen LogP contribution in [0.5, 0.6) is 0 Å². The third kappa shape index (κ3) is 3.03. The number of pyridine rings is 1. The summed E-state index contributed by atoms with van der Waals surface area (Å²) in [4.78, 5) is 27.2. The van der Waals surface area contributed by atoms with Gasteiger partial charge in [0.05, 0.1) is 14.2 Å². The minimum atomic E-state index is -1.04. The number of rotatable bonds is 4. The number of methoxy groups -OCH3 is 2. The monoisotopic (exact) mass is 237 g/mol. The summed E-state index contributed by atoms with van der Waals surface area (Å²) in [7, 11) is 2.47. The molecular formula is C12H15NO4. The highest BCUT2D eigenvalue weighted by Gasteiger charge is 2.30. The van der Waals surface area contributed by atoms with E-state index in [1.807, 2.05) is 6.92 Å². The van der Waals surface area contributed by atoms with Crippen molar-refractivity contribution in [2.24, 2.45) is 0 Å². The van der Waals surface area contributed by atoms with Gasteiger partial charge in [0.2, 0.25) is 0 Å². The molecule has 0 aliphatic rings. The second-order valence-electron chi connectivity index (χ2n) is 3.41. The van der Waals surface area contributed by atoms with E-state index in [0.29, 0.717) is 5.56 Å². The van der Waals surface area contributed by atoms with E-state index >= 15 is 0 Å². The van der Waals surface area contributed by atoms with Gasteiger partial charge in [0.25, 0.3) is 0 Å². The van der Waals surface area contributed by atoms with E-state index in [-0.39, 0.29) is 0 Å². The third-order valence-corrected chi connectivity index (χ3v) is 2.41. The molecule has 5 heteroatoms. The zero-order valence-corrected chi connectivity index (χ0v) is 10.1. The fourth-order valence-electron chi connectivity index (χ4n) is 1.47. The smallest absolute Gasteiger partial charge is 0.324 e. The maximum Gasteiger partial charge on any atom is 0.324 e.